The normalized spacial score (nSPS) is 32.3. The zero-order valence-corrected chi connectivity index (χ0v) is 12.1. The number of hydrogen-bond donors (Lipinski definition) is 1. The van der Waals surface area contributed by atoms with Crippen LogP contribution >= 0.6 is 0 Å². The van der Waals surface area contributed by atoms with Gasteiger partial charge >= 0.3 is 0 Å². The second-order valence-electron chi connectivity index (χ2n) is 6.56. The Morgan fingerprint density at radius 1 is 1.18 bits per heavy atom. The number of likely N-dealkylation sites (tertiary alicyclic amines) is 1. The number of nitrogens with one attached hydrogen (secondary N) is 1. The highest BCUT2D eigenvalue weighted by Crippen LogP contribution is 2.42. The third kappa shape index (κ3) is 2.39. The van der Waals surface area contributed by atoms with Gasteiger partial charge in [-0.2, -0.15) is 0 Å². The lowest BCUT2D eigenvalue weighted by molar-refractivity contribution is 0.0781. The molecule has 2 heteroatoms. The number of fused-ring (bicyclic) bond motifs is 1. The van der Waals surface area contributed by atoms with Gasteiger partial charge in [0, 0.05) is 24.7 Å². The molecular weight excluding hydrogens is 208 g/mol. The molecular formula is C15H30N2. The summed E-state index contributed by atoms with van der Waals surface area (Å²) in [7, 11) is 0. The van der Waals surface area contributed by atoms with Gasteiger partial charge in [0.15, 0.2) is 0 Å². The van der Waals surface area contributed by atoms with Crippen molar-refractivity contribution in [2.75, 3.05) is 19.6 Å². The number of rotatable bonds is 5. The van der Waals surface area contributed by atoms with Crippen molar-refractivity contribution in [1.82, 2.24) is 10.2 Å². The van der Waals surface area contributed by atoms with Crippen LogP contribution in [0.1, 0.15) is 53.4 Å². The molecule has 2 saturated heterocycles. The van der Waals surface area contributed by atoms with Crippen LogP contribution in [0.2, 0.25) is 0 Å². The zero-order chi connectivity index (χ0) is 12.5. The number of nitrogens with zero attached hydrogens (tertiary/aromatic N) is 1. The van der Waals surface area contributed by atoms with Crippen molar-refractivity contribution in [2.45, 2.75) is 65.0 Å². The fourth-order valence-electron chi connectivity index (χ4n) is 4.19. The first-order valence-corrected chi connectivity index (χ1v) is 7.58. The van der Waals surface area contributed by atoms with Gasteiger partial charge in [-0.3, -0.25) is 4.90 Å². The summed E-state index contributed by atoms with van der Waals surface area (Å²) in [5.74, 6) is 1.78. The van der Waals surface area contributed by atoms with Crippen molar-refractivity contribution in [3.8, 4) is 0 Å². The Bertz CT molecular complexity index is 243. The molecule has 0 aromatic heterocycles. The lowest BCUT2D eigenvalue weighted by Gasteiger charge is -2.41. The minimum Gasteiger partial charge on any atom is -0.316 e. The van der Waals surface area contributed by atoms with Crippen molar-refractivity contribution in [3.63, 3.8) is 0 Å². The van der Waals surface area contributed by atoms with Crippen molar-refractivity contribution >= 4 is 0 Å². The van der Waals surface area contributed by atoms with E-state index in [0.29, 0.717) is 5.54 Å². The molecule has 0 aromatic rings. The van der Waals surface area contributed by atoms with Crippen LogP contribution in [0.4, 0.5) is 0 Å². The summed E-state index contributed by atoms with van der Waals surface area (Å²) in [4.78, 5) is 2.84. The molecule has 2 atom stereocenters. The fourth-order valence-corrected chi connectivity index (χ4v) is 4.19. The first-order valence-electron chi connectivity index (χ1n) is 7.58. The van der Waals surface area contributed by atoms with Crippen LogP contribution in [0.5, 0.6) is 0 Å². The van der Waals surface area contributed by atoms with E-state index in [1.165, 1.54) is 45.3 Å². The van der Waals surface area contributed by atoms with E-state index in [9.17, 15) is 0 Å². The van der Waals surface area contributed by atoms with Crippen molar-refractivity contribution < 1.29 is 0 Å². The maximum absolute atomic E-state index is 3.58. The average molecular weight is 238 g/mol. The second kappa shape index (κ2) is 5.27. The third-order valence-electron chi connectivity index (χ3n) is 5.10. The Morgan fingerprint density at radius 3 is 2.35 bits per heavy atom. The first kappa shape index (κ1) is 13.4. The highest BCUT2D eigenvalue weighted by molar-refractivity contribution is 5.06. The van der Waals surface area contributed by atoms with Crippen molar-refractivity contribution in [1.29, 1.82) is 0 Å². The molecule has 0 aromatic carbocycles. The molecule has 1 N–H and O–H groups in total. The SMILES string of the molecule is CCCC(CCC)N1CC2CNCC2C1(C)C. The highest BCUT2D eigenvalue weighted by atomic mass is 15.3. The summed E-state index contributed by atoms with van der Waals surface area (Å²) in [6, 6.07) is 0.825. The summed E-state index contributed by atoms with van der Waals surface area (Å²) in [5, 5.41) is 3.58. The Balaban J connectivity index is 2.09. The zero-order valence-electron chi connectivity index (χ0n) is 12.1. The summed E-state index contributed by atoms with van der Waals surface area (Å²) >= 11 is 0. The summed E-state index contributed by atoms with van der Waals surface area (Å²) in [6.07, 6.45) is 5.41. The lowest BCUT2D eigenvalue weighted by Crippen LogP contribution is -2.49. The van der Waals surface area contributed by atoms with Crippen LogP contribution < -0.4 is 5.32 Å². The smallest absolute Gasteiger partial charge is 0.0200 e. The van der Waals surface area contributed by atoms with Gasteiger partial charge in [0.1, 0.15) is 0 Å². The van der Waals surface area contributed by atoms with Gasteiger partial charge in [-0.1, -0.05) is 26.7 Å². The fraction of sp³-hybridized carbons (Fsp3) is 1.00. The molecule has 0 radical (unpaired) electrons. The molecule has 0 aliphatic carbocycles. The summed E-state index contributed by atoms with van der Waals surface area (Å²) in [5.41, 5.74) is 0.406. The molecule has 2 fully saturated rings. The highest BCUT2D eigenvalue weighted by Gasteiger charge is 2.50. The van der Waals surface area contributed by atoms with Crippen molar-refractivity contribution in [2.24, 2.45) is 11.8 Å². The molecule has 0 bridgehead atoms. The van der Waals surface area contributed by atoms with E-state index in [1.54, 1.807) is 0 Å². The standard InChI is InChI=1S/C15H30N2/c1-5-7-13(8-6-2)17-11-12-9-16-10-14(12)15(17,3)4/h12-14,16H,5-11H2,1-4H3. The molecule has 2 rings (SSSR count). The Labute approximate surface area is 107 Å². The molecule has 2 aliphatic heterocycles. The van der Waals surface area contributed by atoms with E-state index in [4.69, 9.17) is 0 Å². The predicted octanol–water partition coefficient (Wildman–Crippen LogP) is 2.89. The maximum Gasteiger partial charge on any atom is 0.0200 e. The largest absolute Gasteiger partial charge is 0.316 e. The van der Waals surface area contributed by atoms with Gasteiger partial charge in [-0.25, -0.2) is 0 Å². The van der Waals surface area contributed by atoms with Gasteiger partial charge in [0.25, 0.3) is 0 Å². The quantitative estimate of drug-likeness (QED) is 0.792. The minimum atomic E-state index is 0.406. The van der Waals surface area contributed by atoms with Gasteiger partial charge in [0.2, 0.25) is 0 Å². The summed E-state index contributed by atoms with van der Waals surface area (Å²) < 4.78 is 0. The molecule has 0 saturated carbocycles. The molecule has 17 heavy (non-hydrogen) atoms. The lowest BCUT2D eigenvalue weighted by atomic mass is 9.84. The molecule has 0 spiro atoms. The molecule has 2 heterocycles. The molecule has 2 aliphatic rings. The van der Waals surface area contributed by atoms with Crippen LogP contribution in [0.15, 0.2) is 0 Å². The van der Waals surface area contributed by atoms with Gasteiger partial charge < -0.3 is 5.32 Å². The van der Waals surface area contributed by atoms with E-state index in [2.05, 4.69) is 37.9 Å². The molecule has 100 valence electrons. The van der Waals surface area contributed by atoms with Crippen LogP contribution in [-0.2, 0) is 0 Å². The average Bonchev–Trinajstić information content (AvgIpc) is 2.81. The van der Waals surface area contributed by atoms with Crippen molar-refractivity contribution in [3.05, 3.63) is 0 Å². The Hall–Kier alpha value is -0.0800. The third-order valence-corrected chi connectivity index (χ3v) is 5.10. The van der Waals surface area contributed by atoms with Crippen LogP contribution in [-0.4, -0.2) is 36.1 Å². The predicted molar refractivity (Wildman–Crippen MR) is 74.2 cm³/mol. The summed E-state index contributed by atoms with van der Waals surface area (Å²) in [6.45, 7) is 13.4. The van der Waals surface area contributed by atoms with E-state index in [-0.39, 0.29) is 0 Å². The van der Waals surface area contributed by atoms with E-state index >= 15 is 0 Å². The van der Waals surface area contributed by atoms with E-state index in [1.807, 2.05) is 0 Å². The maximum atomic E-state index is 3.58. The first-order chi connectivity index (χ1) is 8.11. The number of hydrogen-bond acceptors (Lipinski definition) is 2. The van der Waals surface area contributed by atoms with E-state index in [0.717, 1.165) is 17.9 Å². The van der Waals surface area contributed by atoms with Gasteiger partial charge in [0.05, 0.1) is 0 Å². The molecule has 2 nitrogen and oxygen atoms in total. The topological polar surface area (TPSA) is 15.3 Å². The van der Waals surface area contributed by atoms with Crippen LogP contribution in [0, 0.1) is 11.8 Å². The van der Waals surface area contributed by atoms with Gasteiger partial charge in [-0.05, 0) is 45.1 Å². The van der Waals surface area contributed by atoms with E-state index < -0.39 is 0 Å². The molecule has 2 unspecified atom stereocenters. The Morgan fingerprint density at radius 2 is 1.82 bits per heavy atom. The monoisotopic (exact) mass is 238 g/mol. The van der Waals surface area contributed by atoms with Crippen LogP contribution in [0.3, 0.4) is 0 Å². The Kier molecular flexibility index (Phi) is 4.14. The van der Waals surface area contributed by atoms with Crippen LogP contribution in [0.25, 0.3) is 0 Å². The van der Waals surface area contributed by atoms with Gasteiger partial charge in [-0.15, -0.1) is 0 Å². The minimum absolute atomic E-state index is 0.406. The molecule has 0 amide bonds. The second-order valence-corrected chi connectivity index (χ2v) is 6.56.